The molecule has 0 unspecified atom stereocenters. The van der Waals surface area contributed by atoms with Gasteiger partial charge in [0, 0.05) is 6.54 Å². The van der Waals surface area contributed by atoms with Crippen molar-refractivity contribution in [3.8, 4) is 11.5 Å². The van der Waals surface area contributed by atoms with E-state index in [0.717, 1.165) is 32.4 Å². The minimum absolute atomic E-state index is 0.236. The van der Waals surface area contributed by atoms with E-state index in [-0.39, 0.29) is 11.8 Å². The maximum atomic E-state index is 12.5. The van der Waals surface area contributed by atoms with Gasteiger partial charge in [0.2, 0.25) is 0 Å². The van der Waals surface area contributed by atoms with Crippen LogP contribution >= 0.6 is 0 Å². The quantitative estimate of drug-likeness (QED) is 0.837. The number of hydrogen-bond acceptors (Lipinski definition) is 5. The highest BCUT2D eigenvalue weighted by Gasteiger charge is 2.37. The zero-order chi connectivity index (χ0) is 16.4. The zero-order valence-corrected chi connectivity index (χ0v) is 13.6. The highest BCUT2D eigenvalue weighted by atomic mass is 16.5. The summed E-state index contributed by atoms with van der Waals surface area (Å²) in [7, 11) is 3.03. The second kappa shape index (κ2) is 6.58. The molecule has 3 rings (SSSR count). The van der Waals surface area contributed by atoms with Crippen LogP contribution in [0, 0.1) is 5.92 Å². The number of amides is 2. The molecule has 124 valence electrons. The number of rotatable bonds is 5. The van der Waals surface area contributed by atoms with E-state index in [4.69, 9.17) is 9.47 Å². The molecule has 2 amide bonds. The molecule has 6 nitrogen and oxygen atoms in total. The molecule has 1 aromatic rings. The van der Waals surface area contributed by atoms with Crippen molar-refractivity contribution in [2.45, 2.75) is 19.3 Å². The highest BCUT2D eigenvalue weighted by Crippen LogP contribution is 2.35. The third-order valence-electron chi connectivity index (χ3n) is 4.69. The Labute approximate surface area is 135 Å². The fourth-order valence-electron chi connectivity index (χ4n) is 3.30. The lowest BCUT2D eigenvalue weighted by Gasteiger charge is -2.24. The van der Waals surface area contributed by atoms with Gasteiger partial charge < -0.3 is 14.8 Å². The summed E-state index contributed by atoms with van der Waals surface area (Å²) in [4.78, 5) is 26.4. The SMILES string of the molecule is COc1cc2c(cc1OC)C(=O)N(CCC1CCNCC1)C2=O. The second-order valence-electron chi connectivity index (χ2n) is 6.00. The fraction of sp³-hybridized carbons (Fsp3) is 0.529. The third kappa shape index (κ3) is 2.91. The molecule has 0 bridgehead atoms. The van der Waals surface area contributed by atoms with Crippen molar-refractivity contribution < 1.29 is 19.1 Å². The Morgan fingerprint density at radius 2 is 1.57 bits per heavy atom. The van der Waals surface area contributed by atoms with Crippen LogP contribution < -0.4 is 14.8 Å². The molecule has 0 aliphatic carbocycles. The predicted octanol–water partition coefficient (Wildman–Crippen LogP) is 1.69. The summed E-state index contributed by atoms with van der Waals surface area (Å²) in [5.41, 5.74) is 0.802. The first-order chi connectivity index (χ1) is 11.2. The van der Waals surface area contributed by atoms with E-state index in [1.165, 1.54) is 19.1 Å². The van der Waals surface area contributed by atoms with Gasteiger partial charge in [0.05, 0.1) is 25.3 Å². The first-order valence-electron chi connectivity index (χ1n) is 7.98. The van der Waals surface area contributed by atoms with Crippen molar-refractivity contribution in [2.75, 3.05) is 33.9 Å². The van der Waals surface area contributed by atoms with Gasteiger partial charge in [-0.05, 0) is 50.4 Å². The number of ether oxygens (including phenoxy) is 2. The summed E-state index contributed by atoms with van der Waals surface area (Å²) in [6.07, 6.45) is 3.07. The highest BCUT2D eigenvalue weighted by molar-refractivity contribution is 6.21. The molecule has 0 atom stereocenters. The number of carbonyl (C=O) groups is 2. The molecule has 0 aromatic heterocycles. The normalized spacial score (nSPS) is 18.3. The van der Waals surface area contributed by atoms with Gasteiger partial charge >= 0.3 is 0 Å². The van der Waals surface area contributed by atoms with Crippen molar-refractivity contribution in [2.24, 2.45) is 5.92 Å². The topological polar surface area (TPSA) is 67.9 Å². The Bertz CT molecular complexity index is 580. The van der Waals surface area contributed by atoms with Crippen molar-refractivity contribution in [3.63, 3.8) is 0 Å². The molecule has 1 saturated heterocycles. The number of nitrogens with one attached hydrogen (secondary N) is 1. The summed E-state index contributed by atoms with van der Waals surface area (Å²) >= 11 is 0. The van der Waals surface area contributed by atoms with E-state index in [9.17, 15) is 9.59 Å². The average molecular weight is 318 g/mol. The first-order valence-corrected chi connectivity index (χ1v) is 7.98. The van der Waals surface area contributed by atoms with Gasteiger partial charge in [-0.2, -0.15) is 0 Å². The number of hydrogen-bond donors (Lipinski definition) is 1. The van der Waals surface area contributed by atoms with E-state index in [2.05, 4.69) is 5.32 Å². The monoisotopic (exact) mass is 318 g/mol. The van der Waals surface area contributed by atoms with Gasteiger partial charge in [-0.15, -0.1) is 0 Å². The molecule has 23 heavy (non-hydrogen) atoms. The van der Waals surface area contributed by atoms with E-state index in [1.54, 1.807) is 12.1 Å². The van der Waals surface area contributed by atoms with Gasteiger partial charge in [0.25, 0.3) is 11.8 Å². The maximum absolute atomic E-state index is 12.5. The minimum Gasteiger partial charge on any atom is -0.493 e. The fourth-order valence-corrected chi connectivity index (χ4v) is 3.30. The van der Waals surface area contributed by atoms with Crippen LogP contribution in [0.3, 0.4) is 0 Å². The molecule has 1 fully saturated rings. The lowest BCUT2D eigenvalue weighted by molar-refractivity contribution is 0.0643. The van der Waals surface area contributed by atoms with E-state index in [1.807, 2.05) is 0 Å². The summed E-state index contributed by atoms with van der Waals surface area (Å²) < 4.78 is 10.4. The Morgan fingerprint density at radius 3 is 2.04 bits per heavy atom. The van der Waals surface area contributed by atoms with Crippen LogP contribution in [0.2, 0.25) is 0 Å². The van der Waals surface area contributed by atoms with Crippen LogP contribution in [0.1, 0.15) is 40.0 Å². The third-order valence-corrected chi connectivity index (χ3v) is 4.69. The standard InChI is InChI=1S/C17H22N2O4/c1-22-14-9-12-13(10-15(14)23-2)17(21)19(16(12)20)8-5-11-3-6-18-7-4-11/h9-11,18H,3-8H2,1-2H3. The van der Waals surface area contributed by atoms with E-state index >= 15 is 0 Å². The van der Waals surface area contributed by atoms with Crippen LogP contribution in [0.4, 0.5) is 0 Å². The molecular weight excluding hydrogens is 296 g/mol. The van der Waals surface area contributed by atoms with E-state index < -0.39 is 0 Å². The second-order valence-corrected chi connectivity index (χ2v) is 6.00. The van der Waals surface area contributed by atoms with Crippen molar-refractivity contribution in [1.29, 1.82) is 0 Å². The van der Waals surface area contributed by atoms with Crippen LogP contribution in [-0.4, -0.2) is 50.6 Å². The molecule has 0 saturated carbocycles. The molecule has 1 aromatic carbocycles. The molecule has 0 spiro atoms. The Morgan fingerprint density at radius 1 is 1.04 bits per heavy atom. The number of fused-ring (bicyclic) bond motifs is 1. The molecule has 2 aliphatic rings. The molecule has 1 N–H and O–H groups in total. The van der Waals surface area contributed by atoms with Gasteiger partial charge in [0.1, 0.15) is 0 Å². The molecule has 6 heteroatoms. The van der Waals surface area contributed by atoms with Gasteiger partial charge in [-0.1, -0.05) is 0 Å². The van der Waals surface area contributed by atoms with Crippen molar-refractivity contribution >= 4 is 11.8 Å². The lowest BCUT2D eigenvalue weighted by atomic mass is 9.94. The maximum Gasteiger partial charge on any atom is 0.261 e. The molecule has 0 radical (unpaired) electrons. The summed E-state index contributed by atoms with van der Waals surface area (Å²) in [5.74, 6) is 1.03. The van der Waals surface area contributed by atoms with Crippen LogP contribution in [-0.2, 0) is 0 Å². The lowest BCUT2D eigenvalue weighted by Crippen LogP contribution is -2.34. The summed E-state index contributed by atoms with van der Waals surface area (Å²) in [6, 6.07) is 3.19. The van der Waals surface area contributed by atoms with Crippen LogP contribution in [0.15, 0.2) is 12.1 Å². The Hall–Kier alpha value is -2.08. The predicted molar refractivity (Wildman–Crippen MR) is 85.1 cm³/mol. The Balaban J connectivity index is 1.77. The number of piperidine rings is 1. The average Bonchev–Trinajstić information content (AvgIpc) is 2.83. The number of nitrogens with zero attached hydrogens (tertiary/aromatic N) is 1. The first kappa shape index (κ1) is 15.8. The molecular formula is C17H22N2O4. The number of carbonyl (C=O) groups excluding carboxylic acids is 2. The molecule has 2 heterocycles. The van der Waals surface area contributed by atoms with Gasteiger partial charge in [0.15, 0.2) is 11.5 Å². The van der Waals surface area contributed by atoms with Gasteiger partial charge in [-0.3, -0.25) is 14.5 Å². The smallest absolute Gasteiger partial charge is 0.261 e. The largest absolute Gasteiger partial charge is 0.493 e. The van der Waals surface area contributed by atoms with Crippen molar-refractivity contribution in [1.82, 2.24) is 10.2 Å². The van der Waals surface area contributed by atoms with Crippen LogP contribution in [0.5, 0.6) is 11.5 Å². The van der Waals surface area contributed by atoms with Gasteiger partial charge in [-0.25, -0.2) is 0 Å². The summed E-state index contributed by atoms with van der Waals surface area (Å²) in [5, 5.41) is 3.32. The Kier molecular flexibility index (Phi) is 4.52. The minimum atomic E-state index is -0.236. The number of benzene rings is 1. The van der Waals surface area contributed by atoms with Crippen molar-refractivity contribution in [3.05, 3.63) is 23.3 Å². The zero-order valence-electron chi connectivity index (χ0n) is 13.6. The van der Waals surface area contributed by atoms with E-state index in [0.29, 0.717) is 35.1 Å². The summed E-state index contributed by atoms with van der Waals surface area (Å²) in [6.45, 7) is 2.50. The number of methoxy groups -OCH3 is 2. The van der Waals surface area contributed by atoms with Crippen LogP contribution in [0.25, 0.3) is 0 Å². The number of imide groups is 1. The molecule has 2 aliphatic heterocycles.